The summed E-state index contributed by atoms with van der Waals surface area (Å²) in [6.07, 6.45) is 4.02. The smallest absolute Gasteiger partial charge is 0.0487 e. The second kappa shape index (κ2) is 12.8. The van der Waals surface area contributed by atoms with Crippen molar-refractivity contribution in [2.75, 3.05) is 39.5 Å². The van der Waals surface area contributed by atoms with Crippen molar-refractivity contribution >= 4 is 0 Å². The van der Waals surface area contributed by atoms with Crippen LogP contribution in [0.5, 0.6) is 0 Å². The van der Waals surface area contributed by atoms with Gasteiger partial charge in [0.2, 0.25) is 0 Å². The summed E-state index contributed by atoms with van der Waals surface area (Å²) in [5.41, 5.74) is 10.7. The molecule has 0 spiro atoms. The molecule has 0 radical (unpaired) electrons. The third-order valence-electron chi connectivity index (χ3n) is 1.81. The SMILES string of the molecule is NCCCCOCCCOCCCN. The highest BCUT2D eigenvalue weighted by molar-refractivity contribution is 4.41. The van der Waals surface area contributed by atoms with Crippen LogP contribution in [0.3, 0.4) is 0 Å². The van der Waals surface area contributed by atoms with E-state index in [0.717, 1.165) is 58.7 Å². The van der Waals surface area contributed by atoms with Crippen molar-refractivity contribution in [2.45, 2.75) is 25.7 Å². The lowest BCUT2D eigenvalue weighted by Crippen LogP contribution is -2.07. The highest BCUT2D eigenvalue weighted by Gasteiger charge is 1.90. The maximum absolute atomic E-state index is 5.38. The van der Waals surface area contributed by atoms with E-state index in [2.05, 4.69) is 0 Å². The van der Waals surface area contributed by atoms with Crippen molar-refractivity contribution < 1.29 is 9.47 Å². The lowest BCUT2D eigenvalue weighted by molar-refractivity contribution is 0.0811. The average molecular weight is 204 g/mol. The van der Waals surface area contributed by atoms with Crippen LogP contribution < -0.4 is 11.5 Å². The molecule has 4 nitrogen and oxygen atoms in total. The lowest BCUT2D eigenvalue weighted by atomic mass is 10.3. The van der Waals surface area contributed by atoms with Crippen LogP contribution in [0.2, 0.25) is 0 Å². The third kappa shape index (κ3) is 11.8. The van der Waals surface area contributed by atoms with Crippen LogP contribution in [0, 0.1) is 0 Å². The highest BCUT2D eigenvalue weighted by atomic mass is 16.5. The van der Waals surface area contributed by atoms with Gasteiger partial charge in [0.15, 0.2) is 0 Å². The summed E-state index contributed by atoms with van der Waals surface area (Å²) in [6, 6.07) is 0. The zero-order chi connectivity index (χ0) is 10.5. The minimum absolute atomic E-state index is 0.704. The first kappa shape index (κ1) is 13.8. The molecule has 86 valence electrons. The van der Waals surface area contributed by atoms with E-state index in [1.165, 1.54) is 0 Å². The molecule has 0 saturated heterocycles. The molecule has 0 atom stereocenters. The standard InChI is InChI=1S/C10H24N2O2/c11-5-1-2-7-13-9-4-10-14-8-3-6-12/h1-12H2. The van der Waals surface area contributed by atoms with Crippen LogP contribution in [0.1, 0.15) is 25.7 Å². The van der Waals surface area contributed by atoms with Crippen molar-refractivity contribution in [1.29, 1.82) is 0 Å². The minimum Gasteiger partial charge on any atom is -0.381 e. The molecule has 0 aliphatic carbocycles. The molecular weight excluding hydrogens is 180 g/mol. The number of rotatable bonds is 11. The number of hydrogen-bond acceptors (Lipinski definition) is 4. The van der Waals surface area contributed by atoms with E-state index in [9.17, 15) is 0 Å². The normalized spacial score (nSPS) is 10.7. The maximum atomic E-state index is 5.38. The fraction of sp³-hybridized carbons (Fsp3) is 1.00. The third-order valence-corrected chi connectivity index (χ3v) is 1.81. The molecular formula is C10H24N2O2. The molecule has 4 N–H and O–H groups in total. The Kier molecular flexibility index (Phi) is 12.7. The molecule has 0 aromatic rings. The molecule has 0 heterocycles. The largest absolute Gasteiger partial charge is 0.381 e. The molecule has 0 fully saturated rings. The monoisotopic (exact) mass is 204 g/mol. The van der Waals surface area contributed by atoms with Crippen LogP contribution in [0.4, 0.5) is 0 Å². The van der Waals surface area contributed by atoms with Crippen molar-refractivity contribution in [3.63, 3.8) is 0 Å². The second-order valence-electron chi connectivity index (χ2n) is 3.22. The molecule has 0 aliphatic heterocycles. The first-order valence-electron chi connectivity index (χ1n) is 5.47. The first-order valence-corrected chi connectivity index (χ1v) is 5.47. The summed E-state index contributed by atoms with van der Waals surface area (Å²) in [6.45, 7) is 4.61. The van der Waals surface area contributed by atoms with E-state index >= 15 is 0 Å². The zero-order valence-corrected chi connectivity index (χ0v) is 9.04. The van der Waals surface area contributed by atoms with Gasteiger partial charge in [-0.15, -0.1) is 0 Å². The molecule has 0 bridgehead atoms. The molecule has 0 aliphatic rings. The van der Waals surface area contributed by atoms with Crippen LogP contribution in [0.25, 0.3) is 0 Å². The average Bonchev–Trinajstić information content (AvgIpc) is 2.21. The van der Waals surface area contributed by atoms with E-state index < -0.39 is 0 Å². The van der Waals surface area contributed by atoms with E-state index in [1.54, 1.807) is 0 Å². The van der Waals surface area contributed by atoms with Crippen molar-refractivity contribution in [1.82, 2.24) is 0 Å². The molecule has 0 aromatic heterocycles. The minimum atomic E-state index is 0.704. The molecule has 0 saturated carbocycles. The van der Waals surface area contributed by atoms with Gasteiger partial charge < -0.3 is 20.9 Å². The Morgan fingerprint density at radius 1 is 0.571 bits per heavy atom. The van der Waals surface area contributed by atoms with E-state index in [4.69, 9.17) is 20.9 Å². The Balaban J connectivity index is 2.78. The Morgan fingerprint density at radius 3 is 1.64 bits per heavy atom. The van der Waals surface area contributed by atoms with Gasteiger partial charge in [0.1, 0.15) is 0 Å². The highest BCUT2D eigenvalue weighted by Crippen LogP contribution is 1.90. The van der Waals surface area contributed by atoms with Crippen molar-refractivity contribution in [3.05, 3.63) is 0 Å². The summed E-state index contributed by atoms with van der Waals surface area (Å²) in [4.78, 5) is 0. The Hall–Kier alpha value is -0.160. The predicted octanol–water partition coefficient (Wildman–Crippen LogP) is 0.497. The van der Waals surface area contributed by atoms with Gasteiger partial charge in [0.05, 0.1) is 0 Å². The Labute approximate surface area is 86.9 Å². The van der Waals surface area contributed by atoms with Gasteiger partial charge in [-0.25, -0.2) is 0 Å². The van der Waals surface area contributed by atoms with Crippen LogP contribution in [0.15, 0.2) is 0 Å². The summed E-state index contributed by atoms with van der Waals surface area (Å²) < 4.78 is 10.7. The summed E-state index contributed by atoms with van der Waals surface area (Å²) in [7, 11) is 0. The number of nitrogens with two attached hydrogens (primary N) is 2. The number of hydrogen-bond donors (Lipinski definition) is 2. The summed E-state index contributed by atoms with van der Waals surface area (Å²) >= 11 is 0. The molecule has 0 rings (SSSR count). The molecule has 0 amide bonds. The van der Waals surface area contributed by atoms with Gasteiger partial charge in [-0.05, 0) is 38.8 Å². The van der Waals surface area contributed by atoms with Gasteiger partial charge in [0, 0.05) is 26.4 Å². The van der Waals surface area contributed by atoms with E-state index in [0.29, 0.717) is 6.54 Å². The fourth-order valence-corrected chi connectivity index (χ4v) is 1.00. The summed E-state index contributed by atoms with van der Waals surface area (Å²) in [5, 5.41) is 0. The predicted molar refractivity (Wildman–Crippen MR) is 58.2 cm³/mol. The molecule has 4 heteroatoms. The summed E-state index contributed by atoms with van der Waals surface area (Å²) in [5.74, 6) is 0. The lowest BCUT2D eigenvalue weighted by Gasteiger charge is -2.04. The van der Waals surface area contributed by atoms with Gasteiger partial charge in [-0.3, -0.25) is 0 Å². The van der Waals surface area contributed by atoms with Crippen molar-refractivity contribution in [3.8, 4) is 0 Å². The quantitative estimate of drug-likeness (QED) is 0.481. The Bertz CT molecular complexity index is 90.1. The molecule has 0 aromatic carbocycles. The molecule has 14 heavy (non-hydrogen) atoms. The topological polar surface area (TPSA) is 70.5 Å². The van der Waals surface area contributed by atoms with Gasteiger partial charge in [-0.2, -0.15) is 0 Å². The zero-order valence-electron chi connectivity index (χ0n) is 9.04. The van der Waals surface area contributed by atoms with Gasteiger partial charge in [0.25, 0.3) is 0 Å². The fourth-order valence-electron chi connectivity index (χ4n) is 1.00. The van der Waals surface area contributed by atoms with E-state index in [-0.39, 0.29) is 0 Å². The second-order valence-corrected chi connectivity index (χ2v) is 3.22. The van der Waals surface area contributed by atoms with Gasteiger partial charge >= 0.3 is 0 Å². The number of ether oxygens (including phenoxy) is 2. The first-order chi connectivity index (χ1) is 6.91. The van der Waals surface area contributed by atoms with Crippen LogP contribution in [-0.2, 0) is 9.47 Å². The maximum Gasteiger partial charge on any atom is 0.0487 e. The van der Waals surface area contributed by atoms with Gasteiger partial charge in [-0.1, -0.05) is 0 Å². The Morgan fingerprint density at radius 2 is 1.07 bits per heavy atom. The number of unbranched alkanes of at least 4 members (excludes halogenated alkanes) is 1. The molecule has 0 unspecified atom stereocenters. The van der Waals surface area contributed by atoms with Crippen molar-refractivity contribution in [2.24, 2.45) is 11.5 Å². The van der Waals surface area contributed by atoms with E-state index in [1.807, 2.05) is 0 Å². The van der Waals surface area contributed by atoms with Crippen LogP contribution >= 0.6 is 0 Å². The van der Waals surface area contributed by atoms with Crippen LogP contribution in [-0.4, -0.2) is 39.5 Å².